The number of hydrogen-bond acceptors (Lipinski definition) is 3. The van der Waals surface area contributed by atoms with Crippen LogP contribution < -0.4 is 21.5 Å². The molecule has 0 radical (unpaired) electrons. The number of likely N-dealkylation sites (tertiary alicyclic amines) is 1. The lowest BCUT2D eigenvalue weighted by molar-refractivity contribution is -0.886. The predicted octanol–water partition coefficient (Wildman–Crippen LogP) is 0.647. The highest BCUT2D eigenvalue weighted by atomic mass is 19.1. The Balaban J connectivity index is 1.74. The summed E-state index contributed by atoms with van der Waals surface area (Å²) in [6.45, 7) is 5.19. The quantitative estimate of drug-likeness (QED) is 0.609. The summed E-state index contributed by atoms with van der Waals surface area (Å²) in [7, 11) is 0. The third kappa shape index (κ3) is 4.03. The second-order valence-corrected chi connectivity index (χ2v) is 7.94. The lowest BCUT2D eigenvalue weighted by atomic mass is 10.2. The minimum absolute atomic E-state index is 0.137. The van der Waals surface area contributed by atoms with Crippen LogP contribution >= 0.6 is 0 Å². The van der Waals surface area contributed by atoms with E-state index < -0.39 is 23.1 Å². The van der Waals surface area contributed by atoms with Crippen molar-refractivity contribution in [1.29, 1.82) is 0 Å². The zero-order chi connectivity index (χ0) is 22.0. The van der Waals surface area contributed by atoms with Crippen molar-refractivity contribution in [3.05, 3.63) is 75.2 Å². The van der Waals surface area contributed by atoms with Crippen molar-refractivity contribution in [3.63, 3.8) is 0 Å². The van der Waals surface area contributed by atoms with Crippen molar-refractivity contribution >= 4 is 16.8 Å². The summed E-state index contributed by atoms with van der Waals surface area (Å²) in [5, 5.41) is 3.15. The minimum Gasteiger partial charge on any atom is -0.349 e. The Bertz CT molecular complexity index is 1230. The van der Waals surface area contributed by atoms with Crippen LogP contribution in [-0.4, -0.2) is 41.2 Å². The van der Waals surface area contributed by atoms with Crippen LogP contribution in [0.3, 0.4) is 0 Å². The van der Waals surface area contributed by atoms with Crippen molar-refractivity contribution in [3.8, 4) is 5.69 Å². The summed E-state index contributed by atoms with van der Waals surface area (Å²) in [6.07, 6.45) is 2.41. The van der Waals surface area contributed by atoms with Gasteiger partial charge in [-0.05, 0) is 31.2 Å². The molecule has 0 spiro atoms. The largest absolute Gasteiger partial charge is 0.349 e. The fraction of sp³-hybridized carbons (Fsp3) is 0.348. The van der Waals surface area contributed by atoms with Gasteiger partial charge >= 0.3 is 5.69 Å². The van der Waals surface area contributed by atoms with E-state index >= 15 is 0 Å². The maximum absolute atomic E-state index is 14.5. The van der Waals surface area contributed by atoms with Crippen molar-refractivity contribution in [2.75, 3.05) is 26.2 Å². The van der Waals surface area contributed by atoms with E-state index in [1.807, 2.05) is 0 Å². The summed E-state index contributed by atoms with van der Waals surface area (Å²) in [4.78, 5) is 40.7. The van der Waals surface area contributed by atoms with Crippen molar-refractivity contribution < 1.29 is 14.1 Å². The Morgan fingerprint density at radius 2 is 1.77 bits per heavy atom. The first-order valence-electron chi connectivity index (χ1n) is 10.6. The number of hydrogen-bond donors (Lipinski definition) is 2. The molecule has 2 aromatic carbocycles. The molecule has 1 aliphatic rings. The molecule has 3 aromatic rings. The van der Waals surface area contributed by atoms with Crippen LogP contribution in [-0.2, 0) is 4.79 Å². The molecular formula is C23H26FN4O3+. The van der Waals surface area contributed by atoms with E-state index in [1.54, 1.807) is 37.3 Å². The zero-order valence-corrected chi connectivity index (χ0v) is 17.4. The number of amides is 1. The van der Waals surface area contributed by atoms with Crippen LogP contribution in [0, 0.1) is 5.82 Å². The van der Waals surface area contributed by atoms with Gasteiger partial charge < -0.3 is 10.2 Å². The number of halogens is 1. The van der Waals surface area contributed by atoms with Gasteiger partial charge in [-0.1, -0.05) is 24.3 Å². The number of fused-ring (bicyclic) bond motifs is 1. The third-order valence-corrected chi connectivity index (χ3v) is 5.94. The average molecular weight is 425 g/mol. The molecule has 1 aromatic heterocycles. The maximum atomic E-state index is 14.5. The normalized spacial score (nSPS) is 15.3. The van der Waals surface area contributed by atoms with Gasteiger partial charge in [0.05, 0.1) is 42.8 Å². The monoisotopic (exact) mass is 425 g/mol. The van der Waals surface area contributed by atoms with Crippen molar-refractivity contribution in [1.82, 2.24) is 14.5 Å². The predicted molar refractivity (Wildman–Crippen MR) is 116 cm³/mol. The topological polar surface area (TPSA) is 77.5 Å². The molecule has 4 rings (SSSR count). The van der Waals surface area contributed by atoms with E-state index in [0.29, 0.717) is 12.1 Å². The molecule has 31 heavy (non-hydrogen) atoms. The standard InChI is InChI=1S/C23H25FN4O3/c1-16(21(29)25-12-15-26-13-6-7-14-26)27-19-10-4-2-8-17(19)22(30)28(23(27)31)20-11-5-3-9-18(20)24/h2-5,8-11,16H,6-7,12-15H2,1H3,(H,25,29)/p+1/t16-/m1/s1. The van der Waals surface area contributed by atoms with Gasteiger partial charge in [-0.2, -0.15) is 0 Å². The van der Waals surface area contributed by atoms with Crippen LogP contribution in [0.1, 0.15) is 25.8 Å². The number of rotatable bonds is 6. The molecule has 0 bridgehead atoms. The third-order valence-electron chi connectivity index (χ3n) is 5.94. The summed E-state index contributed by atoms with van der Waals surface area (Å²) >= 11 is 0. The Morgan fingerprint density at radius 1 is 1.10 bits per heavy atom. The number of carbonyl (C=O) groups excluding carboxylic acids is 1. The molecule has 8 heteroatoms. The van der Waals surface area contributed by atoms with E-state index in [0.717, 1.165) is 24.2 Å². The van der Waals surface area contributed by atoms with Gasteiger partial charge in [-0.25, -0.2) is 13.8 Å². The van der Waals surface area contributed by atoms with Crippen LogP contribution in [0.15, 0.2) is 58.1 Å². The first kappa shape index (κ1) is 21.0. The minimum atomic E-state index is -0.871. The molecular weight excluding hydrogens is 399 g/mol. The van der Waals surface area contributed by atoms with E-state index in [4.69, 9.17) is 0 Å². The second kappa shape index (κ2) is 8.85. The Morgan fingerprint density at radius 3 is 2.52 bits per heavy atom. The molecule has 1 fully saturated rings. The summed E-state index contributed by atoms with van der Waals surface area (Å²) < 4.78 is 16.5. The highest BCUT2D eigenvalue weighted by molar-refractivity contribution is 5.84. The number of carbonyl (C=O) groups is 1. The SMILES string of the molecule is C[C@H](C(=O)NCC[NH+]1CCCC1)n1c(=O)n(-c2ccccc2F)c(=O)c2ccccc21. The van der Waals surface area contributed by atoms with E-state index in [1.165, 1.54) is 40.5 Å². The summed E-state index contributed by atoms with van der Waals surface area (Å²) in [5.74, 6) is -1.00. The Kier molecular flexibility index (Phi) is 5.99. The molecule has 0 unspecified atom stereocenters. The van der Waals surface area contributed by atoms with Gasteiger partial charge in [0.15, 0.2) is 0 Å². The van der Waals surface area contributed by atoms with E-state index in [2.05, 4.69) is 5.32 Å². The maximum Gasteiger partial charge on any atom is 0.336 e. The molecule has 2 heterocycles. The van der Waals surface area contributed by atoms with Crippen LogP contribution in [0.4, 0.5) is 4.39 Å². The van der Waals surface area contributed by atoms with Crippen LogP contribution in [0.2, 0.25) is 0 Å². The van der Waals surface area contributed by atoms with Crippen LogP contribution in [0.25, 0.3) is 16.6 Å². The first-order chi connectivity index (χ1) is 15.0. The number of benzene rings is 2. The summed E-state index contributed by atoms with van der Waals surface area (Å²) in [6, 6.07) is 11.3. The lowest BCUT2D eigenvalue weighted by Crippen LogP contribution is -3.10. The molecule has 1 aliphatic heterocycles. The Labute approximate surface area is 178 Å². The van der Waals surface area contributed by atoms with Crippen molar-refractivity contribution in [2.45, 2.75) is 25.8 Å². The number of nitrogens with zero attached hydrogens (tertiary/aromatic N) is 2. The van der Waals surface area contributed by atoms with Gasteiger partial charge in [-0.15, -0.1) is 0 Å². The first-order valence-corrected chi connectivity index (χ1v) is 10.6. The fourth-order valence-corrected chi connectivity index (χ4v) is 4.25. The van der Waals surface area contributed by atoms with Gasteiger partial charge in [0.25, 0.3) is 5.56 Å². The van der Waals surface area contributed by atoms with E-state index in [9.17, 15) is 18.8 Å². The van der Waals surface area contributed by atoms with Crippen LogP contribution in [0.5, 0.6) is 0 Å². The number of quaternary nitrogens is 1. The van der Waals surface area contributed by atoms with Crippen molar-refractivity contribution in [2.24, 2.45) is 0 Å². The highest BCUT2D eigenvalue weighted by Crippen LogP contribution is 2.16. The molecule has 1 atom stereocenters. The smallest absolute Gasteiger partial charge is 0.336 e. The van der Waals surface area contributed by atoms with Gasteiger partial charge in [0, 0.05) is 12.8 Å². The molecule has 0 aliphatic carbocycles. The molecule has 1 amide bonds. The molecule has 162 valence electrons. The van der Waals surface area contributed by atoms with Gasteiger partial charge in [0.2, 0.25) is 5.91 Å². The lowest BCUT2D eigenvalue weighted by Gasteiger charge is -2.20. The van der Waals surface area contributed by atoms with Gasteiger partial charge in [0.1, 0.15) is 11.9 Å². The van der Waals surface area contributed by atoms with E-state index in [-0.39, 0.29) is 17.0 Å². The fourth-order valence-electron chi connectivity index (χ4n) is 4.25. The number of aromatic nitrogens is 2. The molecule has 0 saturated carbocycles. The average Bonchev–Trinajstić information content (AvgIpc) is 3.28. The number of nitrogens with one attached hydrogen (secondary N) is 2. The van der Waals surface area contributed by atoms with Gasteiger partial charge in [-0.3, -0.25) is 14.2 Å². The molecule has 1 saturated heterocycles. The molecule has 7 nitrogen and oxygen atoms in total. The molecule has 2 N–H and O–H groups in total. The second-order valence-electron chi connectivity index (χ2n) is 7.94. The zero-order valence-electron chi connectivity index (χ0n) is 17.4. The Hall–Kier alpha value is -3.26. The summed E-state index contributed by atoms with van der Waals surface area (Å²) in [5.41, 5.74) is -1.16. The number of para-hydroxylation sites is 2. The highest BCUT2D eigenvalue weighted by Gasteiger charge is 2.24.